The van der Waals surface area contributed by atoms with E-state index >= 15 is 0 Å². The van der Waals surface area contributed by atoms with Crippen molar-refractivity contribution >= 4 is 11.7 Å². The number of carbonyl (C=O) groups is 2. The molecule has 1 N–H and O–H groups in total. The molecule has 0 aromatic heterocycles. The average Bonchev–Trinajstić information content (AvgIpc) is 2.85. The summed E-state index contributed by atoms with van der Waals surface area (Å²) >= 11 is 0. The first-order chi connectivity index (χ1) is 10.1. The molecule has 0 spiro atoms. The quantitative estimate of drug-likeness (QED) is 0.860. The topological polar surface area (TPSA) is 49.4 Å². The maximum Gasteiger partial charge on any atom is 0.224 e. The molecule has 2 unspecified atom stereocenters. The summed E-state index contributed by atoms with van der Waals surface area (Å²) < 4.78 is 0. The number of rotatable bonds is 3. The molecule has 2 aliphatic heterocycles. The second-order valence-corrected chi connectivity index (χ2v) is 6.25. The first-order valence-electron chi connectivity index (χ1n) is 7.68. The van der Waals surface area contributed by atoms with Gasteiger partial charge in [-0.25, -0.2) is 0 Å². The minimum atomic E-state index is 0.0753. The number of hydrogen-bond donors (Lipinski definition) is 1. The molecule has 1 aromatic rings. The van der Waals surface area contributed by atoms with Gasteiger partial charge in [0.1, 0.15) is 0 Å². The Morgan fingerprint density at radius 2 is 2.14 bits per heavy atom. The zero-order valence-electron chi connectivity index (χ0n) is 12.7. The highest BCUT2D eigenvalue weighted by Crippen LogP contribution is 2.27. The molecule has 2 atom stereocenters. The number of piperidine rings is 1. The average molecular weight is 286 g/mol. The third-order valence-electron chi connectivity index (χ3n) is 4.89. The van der Waals surface area contributed by atoms with Gasteiger partial charge < -0.3 is 5.32 Å². The predicted molar refractivity (Wildman–Crippen MR) is 81.3 cm³/mol. The number of hydrogen-bond acceptors (Lipinski definition) is 3. The molecule has 0 saturated carbocycles. The highest BCUT2D eigenvalue weighted by atomic mass is 16.2. The Bertz CT molecular complexity index is 582. The molecule has 21 heavy (non-hydrogen) atoms. The van der Waals surface area contributed by atoms with Crippen molar-refractivity contribution in [1.29, 1.82) is 0 Å². The molecule has 2 aliphatic rings. The number of nitrogens with one attached hydrogen (secondary N) is 1. The third-order valence-corrected chi connectivity index (χ3v) is 4.89. The second kappa shape index (κ2) is 5.60. The number of fused-ring (bicyclic) bond motifs is 1. The van der Waals surface area contributed by atoms with Crippen LogP contribution in [0.25, 0.3) is 0 Å². The van der Waals surface area contributed by atoms with Crippen LogP contribution in [0.5, 0.6) is 0 Å². The lowest BCUT2D eigenvalue weighted by Gasteiger charge is -2.35. The smallest absolute Gasteiger partial charge is 0.224 e. The van der Waals surface area contributed by atoms with Crippen molar-refractivity contribution in [2.75, 3.05) is 19.6 Å². The molecule has 4 nitrogen and oxygen atoms in total. The fourth-order valence-electron chi connectivity index (χ4n) is 3.43. The van der Waals surface area contributed by atoms with E-state index in [1.165, 1.54) is 5.56 Å². The number of carbonyl (C=O) groups excluding carboxylic acids is 2. The maximum absolute atomic E-state index is 12.5. The van der Waals surface area contributed by atoms with Gasteiger partial charge in [-0.15, -0.1) is 0 Å². The summed E-state index contributed by atoms with van der Waals surface area (Å²) in [6, 6.07) is 6.07. The Hall–Kier alpha value is -1.68. The predicted octanol–water partition coefficient (Wildman–Crippen LogP) is 1.70. The van der Waals surface area contributed by atoms with Crippen molar-refractivity contribution in [3.8, 4) is 0 Å². The highest BCUT2D eigenvalue weighted by molar-refractivity contribution is 5.98. The Morgan fingerprint density at radius 1 is 1.33 bits per heavy atom. The van der Waals surface area contributed by atoms with Gasteiger partial charge in [0.2, 0.25) is 5.91 Å². The molecule has 0 aliphatic carbocycles. The van der Waals surface area contributed by atoms with Gasteiger partial charge in [-0.2, -0.15) is 0 Å². The van der Waals surface area contributed by atoms with Crippen LogP contribution >= 0.6 is 0 Å². The van der Waals surface area contributed by atoms with E-state index in [9.17, 15) is 9.59 Å². The number of likely N-dealkylation sites (tertiary alicyclic amines) is 1. The minimum Gasteiger partial charge on any atom is -0.354 e. The molecule has 2 saturated heterocycles. The fourth-order valence-corrected chi connectivity index (χ4v) is 3.43. The van der Waals surface area contributed by atoms with Gasteiger partial charge in [0.15, 0.2) is 5.78 Å². The third kappa shape index (κ3) is 2.72. The van der Waals surface area contributed by atoms with Crippen molar-refractivity contribution in [2.24, 2.45) is 5.92 Å². The van der Waals surface area contributed by atoms with Crippen molar-refractivity contribution in [3.63, 3.8) is 0 Å². The Morgan fingerprint density at radius 3 is 2.90 bits per heavy atom. The number of Topliss-reactive ketones (excluding diaryl/α,β-unsaturated/α-hetero) is 1. The normalized spacial score (nSPS) is 25.5. The molecule has 112 valence electrons. The zero-order chi connectivity index (χ0) is 15.0. The van der Waals surface area contributed by atoms with Gasteiger partial charge in [0.25, 0.3) is 0 Å². The van der Waals surface area contributed by atoms with Gasteiger partial charge in [0.05, 0.1) is 12.5 Å². The molecular formula is C17H22N2O2. The lowest BCUT2D eigenvalue weighted by Crippen LogP contribution is -2.47. The lowest BCUT2D eigenvalue weighted by molar-refractivity contribution is -0.124. The van der Waals surface area contributed by atoms with Gasteiger partial charge in [-0.05, 0) is 50.4 Å². The summed E-state index contributed by atoms with van der Waals surface area (Å²) in [7, 11) is 0. The number of nitrogens with zero attached hydrogens (tertiary/aromatic N) is 1. The van der Waals surface area contributed by atoms with Crippen LogP contribution in [-0.4, -0.2) is 42.3 Å². The molecule has 0 radical (unpaired) electrons. The van der Waals surface area contributed by atoms with Crippen molar-refractivity contribution in [2.45, 2.75) is 32.7 Å². The van der Waals surface area contributed by atoms with E-state index in [0.29, 0.717) is 13.1 Å². The Labute approximate surface area is 125 Å². The van der Waals surface area contributed by atoms with Crippen molar-refractivity contribution < 1.29 is 9.59 Å². The minimum absolute atomic E-state index is 0.0753. The van der Waals surface area contributed by atoms with Crippen LogP contribution in [0, 0.1) is 19.8 Å². The molecule has 1 aromatic carbocycles. The van der Waals surface area contributed by atoms with E-state index in [0.717, 1.165) is 30.5 Å². The summed E-state index contributed by atoms with van der Waals surface area (Å²) in [6.07, 6.45) is 1.94. The number of aryl methyl sites for hydroxylation is 2. The van der Waals surface area contributed by atoms with Crippen LogP contribution in [0.4, 0.5) is 0 Å². The van der Waals surface area contributed by atoms with Crippen molar-refractivity contribution in [1.82, 2.24) is 10.2 Å². The lowest BCUT2D eigenvalue weighted by atomic mass is 9.91. The molecule has 4 heteroatoms. The van der Waals surface area contributed by atoms with Gasteiger partial charge in [-0.1, -0.05) is 12.1 Å². The first kappa shape index (κ1) is 14.3. The van der Waals surface area contributed by atoms with Crippen LogP contribution in [0.1, 0.15) is 34.3 Å². The molecule has 1 amide bonds. The van der Waals surface area contributed by atoms with Crippen LogP contribution in [0.2, 0.25) is 0 Å². The molecule has 0 bridgehead atoms. The van der Waals surface area contributed by atoms with Gasteiger partial charge in [0, 0.05) is 18.2 Å². The van der Waals surface area contributed by atoms with E-state index in [4.69, 9.17) is 0 Å². The summed E-state index contributed by atoms with van der Waals surface area (Å²) in [5, 5.41) is 2.93. The zero-order valence-corrected chi connectivity index (χ0v) is 12.7. The molecular weight excluding hydrogens is 264 g/mol. The number of benzene rings is 1. The fraction of sp³-hybridized carbons (Fsp3) is 0.529. The summed E-state index contributed by atoms with van der Waals surface area (Å²) in [6.45, 7) is 6.09. The Kier molecular flexibility index (Phi) is 3.81. The van der Waals surface area contributed by atoms with Crippen LogP contribution in [-0.2, 0) is 4.79 Å². The summed E-state index contributed by atoms with van der Waals surface area (Å²) in [5.74, 6) is 0.382. The highest BCUT2D eigenvalue weighted by Gasteiger charge is 2.41. The number of amides is 1. The number of ketones is 1. The van der Waals surface area contributed by atoms with Crippen molar-refractivity contribution in [3.05, 3.63) is 34.9 Å². The van der Waals surface area contributed by atoms with E-state index in [-0.39, 0.29) is 23.7 Å². The van der Waals surface area contributed by atoms with Gasteiger partial charge >= 0.3 is 0 Å². The van der Waals surface area contributed by atoms with E-state index in [1.807, 2.05) is 25.1 Å². The van der Waals surface area contributed by atoms with E-state index in [1.54, 1.807) is 0 Å². The largest absolute Gasteiger partial charge is 0.354 e. The monoisotopic (exact) mass is 286 g/mol. The Balaban J connectivity index is 1.72. The first-order valence-corrected chi connectivity index (χ1v) is 7.68. The van der Waals surface area contributed by atoms with Crippen LogP contribution < -0.4 is 5.32 Å². The van der Waals surface area contributed by atoms with E-state index in [2.05, 4.69) is 17.1 Å². The second-order valence-electron chi connectivity index (χ2n) is 6.25. The molecule has 3 rings (SSSR count). The van der Waals surface area contributed by atoms with Gasteiger partial charge in [-0.3, -0.25) is 14.5 Å². The molecule has 2 fully saturated rings. The van der Waals surface area contributed by atoms with Crippen LogP contribution in [0.15, 0.2) is 18.2 Å². The van der Waals surface area contributed by atoms with Crippen LogP contribution in [0.3, 0.4) is 0 Å². The summed E-state index contributed by atoms with van der Waals surface area (Å²) in [5.41, 5.74) is 3.13. The van der Waals surface area contributed by atoms with E-state index < -0.39 is 0 Å². The standard InChI is InChI=1S/C17H22N2O2/c1-11-5-6-13(8-12(11)2)16(20)10-19-7-3-4-14-15(19)9-18-17(14)21/h5-6,8,14-15H,3-4,7,9-10H2,1-2H3,(H,18,21). The SMILES string of the molecule is Cc1ccc(C(=O)CN2CCCC3C(=O)NCC32)cc1C. The summed E-state index contributed by atoms with van der Waals surface area (Å²) in [4.78, 5) is 26.5. The molecule has 2 heterocycles. The maximum atomic E-state index is 12.5.